The van der Waals surface area contributed by atoms with E-state index in [1.54, 1.807) is 19.1 Å². The highest BCUT2D eigenvalue weighted by atomic mass is 16.5. The van der Waals surface area contributed by atoms with Crippen molar-refractivity contribution in [2.24, 2.45) is 0 Å². The van der Waals surface area contributed by atoms with Gasteiger partial charge in [0, 0.05) is 5.92 Å². The lowest BCUT2D eigenvalue weighted by Crippen LogP contribution is -2.20. The lowest BCUT2D eigenvalue weighted by molar-refractivity contribution is 0.0697. The van der Waals surface area contributed by atoms with Gasteiger partial charge < -0.3 is 14.6 Å². The van der Waals surface area contributed by atoms with Crippen LogP contribution in [0.2, 0.25) is 0 Å². The molecule has 1 aliphatic carbocycles. The second-order valence-corrected chi connectivity index (χ2v) is 6.87. The van der Waals surface area contributed by atoms with Gasteiger partial charge in [-0.2, -0.15) is 0 Å². The summed E-state index contributed by atoms with van der Waals surface area (Å²) >= 11 is 0. The Hall–Kier alpha value is -3.80. The summed E-state index contributed by atoms with van der Waals surface area (Å²) in [6.45, 7) is 2.26. The fraction of sp³-hybridized carbons (Fsp3) is 0.167. The van der Waals surface area contributed by atoms with E-state index >= 15 is 0 Å². The number of carbonyl (C=O) groups excluding carboxylic acids is 1. The van der Waals surface area contributed by atoms with E-state index in [1.165, 1.54) is 6.07 Å². The van der Waals surface area contributed by atoms with Gasteiger partial charge in [0.1, 0.15) is 18.0 Å². The van der Waals surface area contributed by atoms with Crippen LogP contribution in [-0.2, 0) is 4.74 Å². The van der Waals surface area contributed by atoms with E-state index < -0.39 is 12.1 Å². The third-order valence-corrected chi connectivity index (χ3v) is 5.13. The van der Waals surface area contributed by atoms with Crippen LogP contribution in [0, 0.1) is 0 Å². The Kier molecular flexibility index (Phi) is 5.39. The molecule has 0 heterocycles. The van der Waals surface area contributed by atoms with E-state index in [9.17, 15) is 14.7 Å². The summed E-state index contributed by atoms with van der Waals surface area (Å²) in [4.78, 5) is 24.1. The summed E-state index contributed by atoms with van der Waals surface area (Å²) in [7, 11) is 0. The zero-order valence-electron chi connectivity index (χ0n) is 16.4. The minimum absolute atomic E-state index is 0.0607. The molecule has 0 atom stereocenters. The van der Waals surface area contributed by atoms with Crippen LogP contribution in [0.4, 0.5) is 10.5 Å². The fourth-order valence-electron chi connectivity index (χ4n) is 3.85. The molecule has 0 saturated heterocycles. The van der Waals surface area contributed by atoms with Crippen LogP contribution in [0.5, 0.6) is 5.75 Å². The molecule has 152 valence electrons. The van der Waals surface area contributed by atoms with Crippen LogP contribution in [0.1, 0.15) is 34.3 Å². The van der Waals surface area contributed by atoms with Gasteiger partial charge >= 0.3 is 12.1 Å². The molecule has 0 aliphatic heterocycles. The van der Waals surface area contributed by atoms with E-state index in [0.717, 1.165) is 22.3 Å². The number of aromatic carboxylic acids is 1. The van der Waals surface area contributed by atoms with Crippen molar-refractivity contribution in [3.05, 3.63) is 83.4 Å². The van der Waals surface area contributed by atoms with E-state index in [-0.39, 0.29) is 29.5 Å². The van der Waals surface area contributed by atoms with Crippen LogP contribution in [0.15, 0.2) is 66.7 Å². The van der Waals surface area contributed by atoms with Crippen molar-refractivity contribution in [1.82, 2.24) is 0 Å². The summed E-state index contributed by atoms with van der Waals surface area (Å²) in [6.07, 6.45) is -0.730. The number of hydrogen-bond donors (Lipinski definition) is 2. The molecule has 30 heavy (non-hydrogen) atoms. The standard InChI is InChI=1S/C24H21NO5/c1-2-29-21-13-7-12-19(23(26)27)22(21)25-24(28)30-14-20-17-10-5-3-8-15(17)16-9-4-6-11-18(16)20/h3-13,20H,2,14H2,1H3,(H,25,28)(H,26,27). The highest BCUT2D eigenvalue weighted by molar-refractivity contribution is 6.00. The number of carboxylic acids is 1. The number of fused-ring (bicyclic) bond motifs is 3. The lowest BCUT2D eigenvalue weighted by Gasteiger charge is -2.16. The monoisotopic (exact) mass is 403 g/mol. The van der Waals surface area contributed by atoms with Gasteiger partial charge in [-0.15, -0.1) is 0 Å². The number of benzene rings is 3. The molecule has 3 aromatic rings. The largest absolute Gasteiger partial charge is 0.492 e. The molecular weight excluding hydrogens is 382 g/mol. The van der Waals surface area contributed by atoms with E-state index in [4.69, 9.17) is 9.47 Å². The lowest BCUT2D eigenvalue weighted by atomic mass is 9.98. The number of carbonyl (C=O) groups is 2. The molecule has 3 aromatic carbocycles. The first-order valence-corrected chi connectivity index (χ1v) is 9.71. The maximum Gasteiger partial charge on any atom is 0.411 e. The molecule has 2 N–H and O–H groups in total. The molecular formula is C24H21NO5. The van der Waals surface area contributed by atoms with Crippen molar-refractivity contribution in [2.45, 2.75) is 12.8 Å². The number of amides is 1. The van der Waals surface area contributed by atoms with Crippen molar-refractivity contribution >= 4 is 17.7 Å². The molecule has 0 bridgehead atoms. The highest BCUT2D eigenvalue weighted by Gasteiger charge is 2.29. The maximum absolute atomic E-state index is 12.5. The summed E-state index contributed by atoms with van der Waals surface area (Å²) in [5.41, 5.74) is 4.51. The van der Waals surface area contributed by atoms with Gasteiger partial charge in [-0.25, -0.2) is 9.59 Å². The van der Waals surface area contributed by atoms with Crippen LogP contribution in [0.3, 0.4) is 0 Å². The Morgan fingerprint density at radius 1 is 0.933 bits per heavy atom. The average Bonchev–Trinajstić information content (AvgIpc) is 3.07. The molecule has 4 rings (SSSR count). The predicted octanol–water partition coefficient (Wildman–Crippen LogP) is 5.14. The first-order valence-electron chi connectivity index (χ1n) is 9.71. The SMILES string of the molecule is CCOc1cccc(C(=O)O)c1NC(=O)OCC1c2ccccc2-c2ccccc21. The fourth-order valence-corrected chi connectivity index (χ4v) is 3.85. The number of para-hydroxylation sites is 1. The number of rotatable bonds is 6. The Labute approximate surface area is 174 Å². The molecule has 0 spiro atoms. The molecule has 6 nitrogen and oxygen atoms in total. The molecule has 1 aliphatic rings. The van der Waals surface area contributed by atoms with Crippen molar-refractivity contribution in [2.75, 3.05) is 18.5 Å². The summed E-state index contributed by atoms with van der Waals surface area (Å²) < 4.78 is 11.0. The topological polar surface area (TPSA) is 84.9 Å². The quantitative estimate of drug-likeness (QED) is 0.595. The van der Waals surface area contributed by atoms with E-state index in [1.807, 2.05) is 36.4 Å². The van der Waals surface area contributed by atoms with Crippen LogP contribution in [-0.4, -0.2) is 30.4 Å². The molecule has 0 unspecified atom stereocenters. The molecule has 0 fully saturated rings. The summed E-state index contributed by atoms with van der Waals surface area (Å²) in [5.74, 6) is -0.958. The molecule has 6 heteroatoms. The molecule has 0 aromatic heterocycles. The Morgan fingerprint density at radius 3 is 2.17 bits per heavy atom. The Balaban J connectivity index is 1.54. The van der Waals surface area contributed by atoms with Gasteiger partial charge in [0.05, 0.1) is 12.2 Å². The zero-order chi connectivity index (χ0) is 21.1. The zero-order valence-corrected chi connectivity index (χ0v) is 16.4. The number of anilines is 1. The van der Waals surface area contributed by atoms with E-state index in [2.05, 4.69) is 17.4 Å². The van der Waals surface area contributed by atoms with Crippen molar-refractivity contribution < 1.29 is 24.2 Å². The van der Waals surface area contributed by atoms with Crippen molar-refractivity contribution in [3.8, 4) is 16.9 Å². The summed E-state index contributed by atoms with van der Waals surface area (Å²) in [6, 6.07) is 20.7. The number of hydrogen-bond acceptors (Lipinski definition) is 4. The second kappa shape index (κ2) is 8.29. The minimum Gasteiger partial charge on any atom is -0.492 e. The van der Waals surface area contributed by atoms with Gasteiger partial charge in [0.25, 0.3) is 0 Å². The first kappa shape index (κ1) is 19.5. The van der Waals surface area contributed by atoms with Crippen LogP contribution >= 0.6 is 0 Å². The van der Waals surface area contributed by atoms with E-state index in [0.29, 0.717) is 6.61 Å². The average molecular weight is 403 g/mol. The summed E-state index contributed by atoms with van der Waals surface area (Å²) in [5, 5.41) is 12.0. The number of ether oxygens (including phenoxy) is 2. The van der Waals surface area contributed by atoms with Crippen molar-refractivity contribution in [3.63, 3.8) is 0 Å². The van der Waals surface area contributed by atoms with Gasteiger partial charge in [0.15, 0.2) is 0 Å². The van der Waals surface area contributed by atoms with Crippen molar-refractivity contribution in [1.29, 1.82) is 0 Å². The maximum atomic E-state index is 12.5. The van der Waals surface area contributed by atoms with Crippen LogP contribution < -0.4 is 10.1 Å². The number of nitrogens with one attached hydrogen (secondary N) is 1. The third-order valence-electron chi connectivity index (χ3n) is 5.13. The van der Waals surface area contributed by atoms with Gasteiger partial charge in [-0.05, 0) is 41.3 Å². The first-order chi connectivity index (χ1) is 14.6. The smallest absolute Gasteiger partial charge is 0.411 e. The van der Waals surface area contributed by atoms with Gasteiger partial charge in [-0.1, -0.05) is 54.6 Å². The van der Waals surface area contributed by atoms with Gasteiger partial charge in [0.2, 0.25) is 0 Å². The Bertz CT molecular complexity index is 1060. The Morgan fingerprint density at radius 2 is 1.57 bits per heavy atom. The number of carboxylic acid groups (broad SMARTS) is 1. The molecule has 0 radical (unpaired) electrons. The minimum atomic E-state index is -1.16. The third kappa shape index (κ3) is 3.59. The normalized spacial score (nSPS) is 12.0. The second-order valence-electron chi connectivity index (χ2n) is 6.87. The molecule has 0 saturated carbocycles. The van der Waals surface area contributed by atoms with Gasteiger partial charge in [-0.3, -0.25) is 5.32 Å². The molecule has 1 amide bonds. The predicted molar refractivity (Wildman–Crippen MR) is 113 cm³/mol. The van der Waals surface area contributed by atoms with Crippen LogP contribution in [0.25, 0.3) is 11.1 Å². The highest BCUT2D eigenvalue weighted by Crippen LogP contribution is 2.44.